The van der Waals surface area contributed by atoms with Gasteiger partial charge in [-0.2, -0.15) is 0 Å². The Kier molecular flexibility index (Phi) is 16.1. The molecule has 2 aromatic carbocycles. The maximum atomic E-state index is 13.5. The van der Waals surface area contributed by atoms with E-state index in [0.29, 0.717) is 38.1 Å². The SMILES string of the molecule is CCC(=O)NCC1CCC(C(=O)N[C@@H](Cc2ccc3ccccc3c2)C(=O)NCCCC[C@H](NC(=O)N[C@@H](CCC(=O)O)C(=O)O)C(=O)O)CC1. The van der Waals surface area contributed by atoms with Crippen LogP contribution in [0.3, 0.4) is 0 Å². The van der Waals surface area contributed by atoms with Crippen LogP contribution in [0.2, 0.25) is 0 Å². The fraction of sp³-hybridized carbons (Fsp3) is 0.528. The van der Waals surface area contributed by atoms with Crippen LogP contribution in [0.15, 0.2) is 42.5 Å². The third-order valence-electron chi connectivity index (χ3n) is 9.09. The number of hydrogen-bond acceptors (Lipinski definition) is 7. The van der Waals surface area contributed by atoms with E-state index in [-0.39, 0.29) is 55.9 Å². The van der Waals surface area contributed by atoms with Crippen molar-refractivity contribution in [3.05, 3.63) is 48.0 Å². The maximum Gasteiger partial charge on any atom is 0.326 e. The van der Waals surface area contributed by atoms with Gasteiger partial charge in [0.25, 0.3) is 0 Å². The summed E-state index contributed by atoms with van der Waals surface area (Å²) >= 11 is 0. The van der Waals surface area contributed by atoms with Crippen LogP contribution < -0.4 is 26.6 Å². The zero-order valence-electron chi connectivity index (χ0n) is 28.8. The fourth-order valence-electron chi connectivity index (χ4n) is 6.06. The van der Waals surface area contributed by atoms with Crippen molar-refractivity contribution in [2.45, 2.75) is 95.7 Å². The molecule has 2 aromatic rings. The van der Waals surface area contributed by atoms with Crippen LogP contribution in [0.1, 0.15) is 76.7 Å². The zero-order chi connectivity index (χ0) is 37.3. The van der Waals surface area contributed by atoms with E-state index in [9.17, 15) is 43.8 Å². The van der Waals surface area contributed by atoms with Crippen molar-refractivity contribution in [3.8, 4) is 0 Å². The standard InChI is InChI=1S/C36H49N5O10/c1-2-30(42)38-21-22-10-14-25(15-11-22)32(45)39-29(20-23-12-13-24-7-3-4-8-26(24)19-23)33(46)37-18-6-5-9-27(34(47)48)40-36(51)41-28(35(49)50)16-17-31(43)44/h3-4,7-8,12-13,19,22,25,27-29H,2,5-6,9-11,14-18,20-21H2,1H3,(H,37,46)(H,38,42)(H,39,45)(H,43,44)(H,47,48)(H,49,50)(H2,40,41,51)/t22?,25?,27-,28-,29-/m0/s1. The Hall–Kier alpha value is -5.21. The Balaban J connectivity index is 1.55. The minimum atomic E-state index is -1.51. The lowest BCUT2D eigenvalue weighted by Gasteiger charge is -2.29. The van der Waals surface area contributed by atoms with Crippen molar-refractivity contribution < 1.29 is 48.9 Å². The van der Waals surface area contributed by atoms with Gasteiger partial charge in [0.2, 0.25) is 17.7 Å². The summed E-state index contributed by atoms with van der Waals surface area (Å²) in [6, 6.07) is 8.91. The molecule has 1 saturated carbocycles. The molecule has 15 heteroatoms. The molecule has 5 amide bonds. The first-order valence-corrected chi connectivity index (χ1v) is 17.4. The molecule has 0 spiro atoms. The minimum Gasteiger partial charge on any atom is -0.481 e. The first-order chi connectivity index (χ1) is 24.4. The highest BCUT2D eigenvalue weighted by atomic mass is 16.4. The van der Waals surface area contributed by atoms with E-state index in [0.717, 1.165) is 29.2 Å². The van der Waals surface area contributed by atoms with E-state index < -0.39 is 48.5 Å². The molecule has 0 aromatic heterocycles. The lowest BCUT2D eigenvalue weighted by molar-refractivity contribution is -0.141. The van der Waals surface area contributed by atoms with Crippen LogP contribution in [0.5, 0.6) is 0 Å². The number of fused-ring (bicyclic) bond motifs is 1. The largest absolute Gasteiger partial charge is 0.481 e. The summed E-state index contributed by atoms with van der Waals surface area (Å²) in [6.45, 7) is 2.56. The second kappa shape index (κ2) is 20.5. The topological polar surface area (TPSA) is 240 Å². The summed E-state index contributed by atoms with van der Waals surface area (Å²) in [5, 5.41) is 42.6. The third kappa shape index (κ3) is 13.9. The number of rotatable bonds is 20. The van der Waals surface area contributed by atoms with Gasteiger partial charge in [0.1, 0.15) is 18.1 Å². The monoisotopic (exact) mass is 711 g/mol. The molecule has 1 fully saturated rings. The number of carboxylic acid groups (broad SMARTS) is 3. The molecule has 3 atom stereocenters. The number of carbonyl (C=O) groups is 7. The first-order valence-electron chi connectivity index (χ1n) is 17.4. The number of urea groups is 1. The molecule has 1 aliphatic carbocycles. The Bertz CT molecular complexity index is 1540. The van der Waals surface area contributed by atoms with Gasteiger partial charge in [0.15, 0.2) is 0 Å². The van der Waals surface area contributed by atoms with Crippen LogP contribution in [0, 0.1) is 11.8 Å². The van der Waals surface area contributed by atoms with Gasteiger partial charge in [-0.25, -0.2) is 14.4 Å². The highest BCUT2D eigenvalue weighted by molar-refractivity contribution is 5.89. The van der Waals surface area contributed by atoms with Crippen LogP contribution in [0.25, 0.3) is 10.8 Å². The molecule has 0 heterocycles. The van der Waals surface area contributed by atoms with Crippen LogP contribution >= 0.6 is 0 Å². The summed E-state index contributed by atoms with van der Waals surface area (Å²) in [6.07, 6.45) is 3.31. The molecule has 0 radical (unpaired) electrons. The molecule has 8 N–H and O–H groups in total. The Morgan fingerprint density at radius 2 is 1.39 bits per heavy atom. The molecule has 15 nitrogen and oxygen atoms in total. The summed E-state index contributed by atoms with van der Waals surface area (Å²) in [5.74, 6) is -4.58. The average molecular weight is 712 g/mol. The summed E-state index contributed by atoms with van der Waals surface area (Å²) < 4.78 is 0. The van der Waals surface area contributed by atoms with Gasteiger partial charge in [-0.1, -0.05) is 49.4 Å². The van der Waals surface area contributed by atoms with Crippen molar-refractivity contribution in [2.75, 3.05) is 13.1 Å². The number of unbranched alkanes of at least 4 members (excludes halogenated alkanes) is 1. The van der Waals surface area contributed by atoms with Gasteiger partial charge >= 0.3 is 23.9 Å². The van der Waals surface area contributed by atoms with Crippen molar-refractivity contribution in [1.82, 2.24) is 26.6 Å². The number of nitrogens with one attached hydrogen (secondary N) is 5. The zero-order valence-corrected chi connectivity index (χ0v) is 28.8. The van der Waals surface area contributed by atoms with Crippen LogP contribution in [-0.2, 0) is 35.2 Å². The van der Waals surface area contributed by atoms with Gasteiger partial charge in [-0.3, -0.25) is 19.2 Å². The molecular weight excluding hydrogens is 662 g/mol. The van der Waals surface area contributed by atoms with Crippen molar-refractivity contribution in [1.29, 1.82) is 0 Å². The van der Waals surface area contributed by atoms with Gasteiger partial charge in [0, 0.05) is 38.3 Å². The number of hydrogen-bond donors (Lipinski definition) is 8. The number of carbonyl (C=O) groups excluding carboxylic acids is 4. The normalized spacial score (nSPS) is 17.3. The lowest BCUT2D eigenvalue weighted by atomic mass is 9.81. The number of amides is 5. The Morgan fingerprint density at radius 1 is 0.745 bits per heavy atom. The Labute approximate surface area is 296 Å². The van der Waals surface area contributed by atoms with Gasteiger partial charge in [0.05, 0.1) is 0 Å². The van der Waals surface area contributed by atoms with E-state index in [4.69, 9.17) is 5.11 Å². The third-order valence-corrected chi connectivity index (χ3v) is 9.09. The van der Waals surface area contributed by atoms with E-state index >= 15 is 0 Å². The minimum absolute atomic E-state index is 0.000538. The molecule has 278 valence electrons. The molecule has 0 unspecified atom stereocenters. The van der Waals surface area contributed by atoms with E-state index in [1.54, 1.807) is 6.92 Å². The van der Waals surface area contributed by atoms with Crippen molar-refractivity contribution in [2.24, 2.45) is 11.8 Å². The van der Waals surface area contributed by atoms with Crippen LogP contribution in [-0.4, -0.2) is 88.2 Å². The summed E-state index contributed by atoms with van der Waals surface area (Å²) in [4.78, 5) is 84.6. The quantitative estimate of drug-likeness (QED) is 0.0934. The molecule has 0 saturated heterocycles. The predicted octanol–water partition coefficient (Wildman–Crippen LogP) is 2.56. The highest BCUT2D eigenvalue weighted by Crippen LogP contribution is 2.29. The van der Waals surface area contributed by atoms with Gasteiger partial charge < -0.3 is 41.9 Å². The fourth-order valence-corrected chi connectivity index (χ4v) is 6.06. The molecule has 1 aliphatic rings. The summed E-state index contributed by atoms with van der Waals surface area (Å²) in [7, 11) is 0. The van der Waals surface area contributed by atoms with Gasteiger partial charge in [-0.05, 0) is 73.6 Å². The van der Waals surface area contributed by atoms with Gasteiger partial charge in [-0.15, -0.1) is 0 Å². The molecule has 3 rings (SSSR count). The number of aliphatic carboxylic acids is 3. The number of carboxylic acids is 3. The van der Waals surface area contributed by atoms with E-state index in [1.807, 2.05) is 42.5 Å². The molecule has 0 aliphatic heterocycles. The second-order valence-electron chi connectivity index (χ2n) is 12.9. The molecule has 51 heavy (non-hydrogen) atoms. The van der Waals surface area contributed by atoms with Crippen LogP contribution in [0.4, 0.5) is 4.79 Å². The summed E-state index contributed by atoms with van der Waals surface area (Å²) in [5.41, 5.74) is 0.867. The lowest BCUT2D eigenvalue weighted by Crippen LogP contribution is -2.51. The second-order valence-corrected chi connectivity index (χ2v) is 12.9. The smallest absolute Gasteiger partial charge is 0.326 e. The predicted molar refractivity (Wildman–Crippen MR) is 187 cm³/mol. The first kappa shape index (κ1) is 40.2. The average Bonchev–Trinajstić information content (AvgIpc) is 3.11. The maximum absolute atomic E-state index is 13.5. The molecule has 0 bridgehead atoms. The molecular formula is C36H49N5O10. The van der Waals surface area contributed by atoms with Crippen molar-refractivity contribution in [3.63, 3.8) is 0 Å². The van der Waals surface area contributed by atoms with E-state index in [2.05, 4.69) is 26.6 Å². The van der Waals surface area contributed by atoms with E-state index in [1.165, 1.54) is 0 Å². The Morgan fingerprint density at radius 3 is 2.02 bits per heavy atom. The van der Waals surface area contributed by atoms with Crippen molar-refractivity contribution >= 4 is 52.4 Å². The number of benzene rings is 2. The highest BCUT2D eigenvalue weighted by Gasteiger charge is 2.30.